The molecule has 0 unspecified atom stereocenters. The van der Waals surface area contributed by atoms with Gasteiger partial charge in [-0.05, 0) is 30.2 Å². The number of aliphatic hydroxyl groups is 1. The molecule has 1 saturated heterocycles. The summed E-state index contributed by atoms with van der Waals surface area (Å²) in [6.07, 6.45) is 6.69. The summed E-state index contributed by atoms with van der Waals surface area (Å²) >= 11 is 0. The van der Waals surface area contributed by atoms with Crippen molar-refractivity contribution in [2.24, 2.45) is 11.8 Å². The Bertz CT molecular complexity index is 568. The second-order valence-electron chi connectivity index (χ2n) is 8.47. The van der Waals surface area contributed by atoms with Crippen LogP contribution in [0.4, 0.5) is 4.79 Å². The summed E-state index contributed by atoms with van der Waals surface area (Å²) in [6, 6.07) is 10.0. The Balaban J connectivity index is 1.76. The summed E-state index contributed by atoms with van der Waals surface area (Å²) in [5, 5.41) is 10.7. The van der Waals surface area contributed by atoms with E-state index in [4.69, 9.17) is 4.74 Å². The lowest BCUT2D eigenvalue weighted by atomic mass is 9.82. The van der Waals surface area contributed by atoms with Crippen LogP contribution >= 0.6 is 0 Å². The van der Waals surface area contributed by atoms with E-state index in [0.29, 0.717) is 24.8 Å². The van der Waals surface area contributed by atoms with E-state index in [-0.39, 0.29) is 12.1 Å². The molecule has 1 aromatic carbocycles. The number of carbonyl (C=O) groups excluding carboxylic acids is 1. The fourth-order valence-corrected chi connectivity index (χ4v) is 4.52. The summed E-state index contributed by atoms with van der Waals surface area (Å²) in [5.74, 6) is 1.01. The third-order valence-corrected chi connectivity index (χ3v) is 5.84. The average molecular weight is 360 g/mol. The van der Waals surface area contributed by atoms with Gasteiger partial charge in [0.2, 0.25) is 0 Å². The first-order chi connectivity index (χ1) is 12.5. The summed E-state index contributed by atoms with van der Waals surface area (Å²) in [5.41, 5.74) is 1.11. The predicted molar refractivity (Wildman–Crippen MR) is 103 cm³/mol. The van der Waals surface area contributed by atoms with Crippen LogP contribution in [0, 0.1) is 11.8 Å². The molecule has 2 aliphatic rings. The molecule has 1 aliphatic heterocycles. The molecule has 3 rings (SSSR count). The van der Waals surface area contributed by atoms with E-state index in [1.807, 2.05) is 35.2 Å². The minimum Gasteiger partial charge on any atom is -0.441 e. The molecular formula is C22H33NO3. The summed E-state index contributed by atoms with van der Waals surface area (Å²) in [4.78, 5) is 14.5. The van der Waals surface area contributed by atoms with E-state index in [2.05, 4.69) is 13.8 Å². The standard InChI is InChI=1S/C22H33NO3/c1-16(2)13-20(24)21-19(14-17-9-5-3-6-10-17)23(22(25)26-21)15-18-11-7-4-8-12-18/h4,7-8,11-12,16-17,19-21,24H,3,5-6,9-10,13-15H2,1-2H3/t19-,20-,21+/m0/s1. The van der Waals surface area contributed by atoms with Crippen LogP contribution in [-0.2, 0) is 11.3 Å². The molecule has 4 nitrogen and oxygen atoms in total. The van der Waals surface area contributed by atoms with Crippen molar-refractivity contribution in [1.82, 2.24) is 4.90 Å². The number of cyclic esters (lactones) is 1. The number of aliphatic hydroxyl groups excluding tert-OH is 1. The third-order valence-electron chi connectivity index (χ3n) is 5.84. The minimum absolute atomic E-state index is 0.0282. The number of nitrogens with zero attached hydrogens (tertiary/aromatic N) is 1. The van der Waals surface area contributed by atoms with Gasteiger partial charge in [-0.2, -0.15) is 0 Å². The minimum atomic E-state index is -0.590. The molecule has 3 atom stereocenters. The first-order valence-electron chi connectivity index (χ1n) is 10.2. The Morgan fingerprint density at radius 2 is 1.85 bits per heavy atom. The molecule has 1 aliphatic carbocycles. The third kappa shape index (κ3) is 4.79. The van der Waals surface area contributed by atoms with Gasteiger partial charge in [-0.25, -0.2) is 4.79 Å². The number of carbonyl (C=O) groups is 1. The molecule has 1 saturated carbocycles. The molecule has 26 heavy (non-hydrogen) atoms. The fourth-order valence-electron chi connectivity index (χ4n) is 4.52. The molecule has 0 bridgehead atoms. The van der Waals surface area contributed by atoms with Crippen LogP contribution in [0.25, 0.3) is 0 Å². The van der Waals surface area contributed by atoms with Crippen molar-refractivity contribution in [3.63, 3.8) is 0 Å². The topological polar surface area (TPSA) is 49.8 Å². The van der Waals surface area contributed by atoms with Crippen molar-refractivity contribution in [2.45, 2.75) is 83.6 Å². The van der Waals surface area contributed by atoms with Crippen molar-refractivity contribution < 1.29 is 14.6 Å². The summed E-state index contributed by atoms with van der Waals surface area (Å²) in [7, 11) is 0. The van der Waals surface area contributed by atoms with Crippen LogP contribution in [0.1, 0.15) is 64.4 Å². The van der Waals surface area contributed by atoms with Gasteiger partial charge < -0.3 is 9.84 Å². The maximum absolute atomic E-state index is 12.6. The molecule has 1 N–H and O–H groups in total. The van der Waals surface area contributed by atoms with Gasteiger partial charge in [0.05, 0.1) is 12.1 Å². The van der Waals surface area contributed by atoms with E-state index in [0.717, 1.165) is 12.0 Å². The number of ether oxygens (including phenoxy) is 1. The maximum atomic E-state index is 12.6. The van der Waals surface area contributed by atoms with Crippen LogP contribution in [0.2, 0.25) is 0 Å². The lowest BCUT2D eigenvalue weighted by Crippen LogP contribution is -2.43. The zero-order valence-electron chi connectivity index (χ0n) is 16.1. The highest BCUT2D eigenvalue weighted by Gasteiger charge is 2.46. The van der Waals surface area contributed by atoms with Crippen LogP contribution < -0.4 is 0 Å². The lowest BCUT2D eigenvalue weighted by molar-refractivity contribution is 0.00121. The van der Waals surface area contributed by atoms with Crippen LogP contribution in [0.15, 0.2) is 30.3 Å². The second kappa shape index (κ2) is 8.90. The molecule has 1 aromatic rings. The SMILES string of the molecule is CC(C)C[C@H](O)[C@@H]1OC(=O)N(Cc2ccccc2)[C@H]1CC1CCCCC1. The molecule has 0 aromatic heterocycles. The highest BCUT2D eigenvalue weighted by molar-refractivity contribution is 5.71. The van der Waals surface area contributed by atoms with E-state index in [1.54, 1.807) is 0 Å². The zero-order valence-corrected chi connectivity index (χ0v) is 16.1. The quantitative estimate of drug-likeness (QED) is 0.764. The molecule has 1 amide bonds. The van der Waals surface area contributed by atoms with Gasteiger partial charge in [0, 0.05) is 6.54 Å². The van der Waals surface area contributed by atoms with Gasteiger partial charge >= 0.3 is 6.09 Å². The lowest BCUT2D eigenvalue weighted by Gasteiger charge is -2.32. The first-order valence-corrected chi connectivity index (χ1v) is 10.2. The van der Waals surface area contributed by atoms with E-state index >= 15 is 0 Å². The Labute approximate surface area is 157 Å². The monoisotopic (exact) mass is 359 g/mol. The van der Waals surface area contributed by atoms with Crippen LogP contribution in [0.3, 0.4) is 0 Å². The van der Waals surface area contributed by atoms with Gasteiger partial charge in [0.25, 0.3) is 0 Å². The van der Waals surface area contributed by atoms with E-state index in [1.165, 1.54) is 32.1 Å². The highest BCUT2D eigenvalue weighted by Crippen LogP contribution is 2.35. The normalized spacial score (nSPS) is 25.5. The Morgan fingerprint density at radius 3 is 2.50 bits per heavy atom. The molecule has 4 heteroatoms. The average Bonchev–Trinajstić information content (AvgIpc) is 2.92. The van der Waals surface area contributed by atoms with E-state index in [9.17, 15) is 9.90 Å². The smallest absolute Gasteiger partial charge is 0.410 e. The van der Waals surface area contributed by atoms with Crippen LogP contribution in [-0.4, -0.2) is 34.3 Å². The maximum Gasteiger partial charge on any atom is 0.410 e. The summed E-state index contributed by atoms with van der Waals surface area (Å²) < 4.78 is 5.70. The van der Waals surface area contributed by atoms with Crippen molar-refractivity contribution in [3.05, 3.63) is 35.9 Å². The van der Waals surface area contributed by atoms with Crippen molar-refractivity contribution in [2.75, 3.05) is 0 Å². The number of rotatable bonds is 7. The Kier molecular flexibility index (Phi) is 6.58. The molecule has 144 valence electrons. The molecule has 2 fully saturated rings. The van der Waals surface area contributed by atoms with Gasteiger partial charge in [-0.3, -0.25) is 4.90 Å². The fraction of sp³-hybridized carbons (Fsp3) is 0.682. The predicted octanol–water partition coefficient (Wildman–Crippen LogP) is 4.75. The largest absolute Gasteiger partial charge is 0.441 e. The number of benzene rings is 1. The first kappa shape index (κ1) is 19.2. The second-order valence-corrected chi connectivity index (χ2v) is 8.47. The Hall–Kier alpha value is -1.55. The highest BCUT2D eigenvalue weighted by atomic mass is 16.6. The van der Waals surface area contributed by atoms with Gasteiger partial charge in [0.15, 0.2) is 0 Å². The van der Waals surface area contributed by atoms with Crippen LogP contribution in [0.5, 0.6) is 0 Å². The summed E-state index contributed by atoms with van der Waals surface area (Å²) in [6.45, 7) is 4.75. The number of amides is 1. The van der Waals surface area contributed by atoms with Crippen molar-refractivity contribution in [3.8, 4) is 0 Å². The molecule has 0 spiro atoms. The van der Waals surface area contributed by atoms with Gasteiger partial charge in [-0.15, -0.1) is 0 Å². The molecule has 0 radical (unpaired) electrons. The van der Waals surface area contributed by atoms with Crippen molar-refractivity contribution >= 4 is 6.09 Å². The molecule has 1 heterocycles. The zero-order chi connectivity index (χ0) is 18.5. The Morgan fingerprint density at radius 1 is 1.15 bits per heavy atom. The van der Waals surface area contributed by atoms with Crippen molar-refractivity contribution in [1.29, 1.82) is 0 Å². The van der Waals surface area contributed by atoms with E-state index < -0.39 is 12.2 Å². The number of hydrogen-bond acceptors (Lipinski definition) is 3. The number of hydrogen-bond donors (Lipinski definition) is 1. The van der Waals surface area contributed by atoms with Gasteiger partial charge in [0.1, 0.15) is 6.10 Å². The molecular weight excluding hydrogens is 326 g/mol. The van der Waals surface area contributed by atoms with Gasteiger partial charge in [-0.1, -0.05) is 76.3 Å².